The van der Waals surface area contributed by atoms with Gasteiger partial charge in [0.15, 0.2) is 0 Å². The fourth-order valence-corrected chi connectivity index (χ4v) is 2.50. The molecule has 0 unspecified atom stereocenters. The average Bonchev–Trinajstić information content (AvgIpc) is 2.96. The Bertz CT molecular complexity index is 673. The van der Waals surface area contributed by atoms with Gasteiger partial charge in [0.2, 0.25) is 0 Å². The molecule has 0 spiro atoms. The van der Waals surface area contributed by atoms with Crippen molar-refractivity contribution in [3.05, 3.63) is 45.9 Å². The van der Waals surface area contributed by atoms with Crippen LogP contribution in [0.2, 0.25) is 0 Å². The maximum absolute atomic E-state index is 12.3. The maximum Gasteiger partial charge on any atom is 0.573 e. The number of aromatic nitrogens is 1. The summed E-state index contributed by atoms with van der Waals surface area (Å²) in [5.41, 5.74) is 6.02. The number of nitrogens with one attached hydrogen (secondary N) is 1. The van der Waals surface area contributed by atoms with Gasteiger partial charge in [-0.3, -0.25) is 4.79 Å². The molecular weight excluding hydrogens is 331 g/mol. The zero-order valence-electron chi connectivity index (χ0n) is 11.9. The first-order valence-electron chi connectivity index (χ1n) is 6.65. The summed E-state index contributed by atoms with van der Waals surface area (Å²) in [6, 6.07) is 5.81. The molecule has 5 nitrogen and oxygen atoms in total. The van der Waals surface area contributed by atoms with Gasteiger partial charge in [-0.25, -0.2) is 4.98 Å². The van der Waals surface area contributed by atoms with Gasteiger partial charge in [-0.1, -0.05) is 18.2 Å². The molecule has 23 heavy (non-hydrogen) atoms. The quantitative estimate of drug-likeness (QED) is 0.843. The summed E-state index contributed by atoms with van der Waals surface area (Å²) in [5.74, 6) is -0.663. The largest absolute Gasteiger partial charge is 0.573 e. The van der Waals surface area contributed by atoms with Crippen LogP contribution in [0.1, 0.15) is 21.1 Å². The van der Waals surface area contributed by atoms with E-state index in [0.717, 1.165) is 0 Å². The number of halogens is 3. The molecule has 1 heterocycles. The van der Waals surface area contributed by atoms with Crippen LogP contribution in [0.25, 0.3) is 0 Å². The normalized spacial score (nSPS) is 11.3. The Kier molecular flexibility index (Phi) is 5.56. The lowest BCUT2D eigenvalue weighted by Gasteiger charge is -2.13. The molecule has 0 fully saturated rings. The number of rotatable bonds is 6. The Balaban J connectivity index is 1.92. The molecule has 2 rings (SSSR count). The minimum atomic E-state index is -4.75. The summed E-state index contributed by atoms with van der Waals surface area (Å²) in [6.07, 6.45) is -4.55. The second-order valence-electron chi connectivity index (χ2n) is 4.49. The Morgan fingerprint density at radius 2 is 2.09 bits per heavy atom. The number of para-hydroxylation sites is 1. The lowest BCUT2D eigenvalue weighted by atomic mass is 10.1. The molecule has 0 aliphatic rings. The first kappa shape index (κ1) is 17.2. The Morgan fingerprint density at radius 3 is 2.74 bits per heavy atom. The first-order valence-corrected chi connectivity index (χ1v) is 7.53. The Morgan fingerprint density at radius 1 is 1.35 bits per heavy atom. The highest BCUT2D eigenvalue weighted by Gasteiger charge is 2.31. The van der Waals surface area contributed by atoms with Gasteiger partial charge in [-0.05, 0) is 18.1 Å². The number of hydrogen-bond donors (Lipinski definition) is 2. The lowest BCUT2D eigenvalue weighted by molar-refractivity contribution is -0.274. The third kappa shape index (κ3) is 5.22. The summed E-state index contributed by atoms with van der Waals surface area (Å²) in [4.78, 5) is 15.9. The van der Waals surface area contributed by atoms with Gasteiger partial charge >= 0.3 is 6.36 Å². The smallest absolute Gasteiger partial charge is 0.406 e. The minimum Gasteiger partial charge on any atom is -0.406 e. The molecule has 2 aromatic rings. The van der Waals surface area contributed by atoms with Crippen LogP contribution in [-0.4, -0.2) is 23.8 Å². The van der Waals surface area contributed by atoms with Crippen molar-refractivity contribution < 1.29 is 22.7 Å². The fraction of sp³-hybridized carbons (Fsp3) is 0.286. The average molecular weight is 345 g/mol. The van der Waals surface area contributed by atoms with E-state index in [2.05, 4.69) is 15.0 Å². The third-order valence-electron chi connectivity index (χ3n) is 2.84. The zero-order chi connectivity index (χ0) is 16.9. The number of amides is 1. The molecule has 0 saturated carbocycles. The summed E-state index contributed by atoms with van der Waals surface area (Å²) in [5, 5.41) is 4.82. The number of alkyl halides is 3. The molecule has 1 amide bonds. The molecule has 0 aliphatic heterocycles. The van der Waals surface area contributed by atoms with Crippen LogP contribution in [0.4, 0.5) is 13.2 Å². The van der Waals surface area contributed by atoms with E-state index < -0.39 is 12.3 Å². The van der Waals surface area contributed by atoms with E-state index >= 15 is 0 Å². The molecule has 0 aliphatic carbocycles. The summed E-state index contributed by atoms with van der Waals surface area (Å²) in [7, 11) is 0. The number of thiazole rings is 1. The van der Waals surface area contributed by atoms with Crippen LogP contribution < -0.4 is 15.8 Å². The third-order valence-corrected chi connectivity index (χ3v) is 3.71. The Labute approximate surface area is 134 Å². The SMILES string of the molecule is NCc1nc(C(=O)NCCc2ccccc2OC(F)(F)F)cs1. The minimum absolute atomic E-state index is 0.159. The number of ether oxygens (including phenoxy) is 1. The van der Waals surface area contributed by atoms with Crippen LogP contribution in [0.15, 0.2) is 29.6 Å². The summed E-state index contributed by atoms with van der Waals surface area (Å²) >= 11 is 1.27. The summed E-state index contributed by atoms with van der Waals surface area (Å²) in [6.45, 7) is 0.409. The summed E-state index contributed by atoms with van der Waals surface area (Å²) < 4.78 is 40.9. The van der Waals surface area contributed by atoms with Gasteiger partial charge in [0.05, 0.1) is 0 Å². The first-order chi connectivity index (χ1) is 10.9. The lowest BCUT2D eigenvalue weighted by Crippen LogP contribution is -2.26. The van der Waals surface area contributed by atoms with Crippen LogP contribution in [0, 0.1) is 0 Å². The van der Waals surface area contributed by atoms with Gasteiger partial charge in [-0.15, -0.1) is 24.5 Å². The molecule has 1 aromatic carbocycles. The second-order valence-corrected chi connectivity index (χ2v) is 5.43. The van der Waals surface area contributed by atoms with E-state index in [9.17, 15) is 18.0 Å². The Hall–Kier alpha value is -2.13. The van der Waals surface area contributed by atoms with E-state index in [1.807, 2.05) is 0 Å². The molecule has 124 valence electrons. The highest BCUT2D eigenvalue weighted by Crippen LogP contribution is 2.26. The number of benzene rings is 1. The number of nitrogens with two attached hydrogens (primary N) is 1. The van der Waals surface area contributed by atoms with E-state index in [1.54, 1.807) is 11.4 Å². The van der Waals surface area contributed by atoms with Crippen LogP contribution in [0.5, 0.6) is 5.75 Å². The van der Waals surface area contributed by atoms with Crippen molar-refractivity contribution in [3.8, 4) is 5.75 Å². The van der Waals surface area contributed by atoms with Gasteiger partial charge in [-0.2, -0.15) is 0 Å². The van der Waals surface area contributed by atoms with Crippen LogP contribution >= 0.6 is 11.3 Å². The van der Waals surface area contributed by atoms with Crippen molar-refractivity contribution in [1.82, 2.24) is 10.3 Å². The number of carbonyl (C=O) groups excluding carboxylic acids is 1. The van der Waals surface area contributed by atoms with Crippen LogP contribution in [0.3, 0.4) is 0 Å². The molecule has 1 aromatic heterocycles. The van der Waals surface area contributed by atoms with Gasteiger partial charge < -0.3 is 15.8 Å². The topological polar surface area (TPSA) is 77.2 Å². The van der Waals surface area contributed by atoms with E-state index in [-0.39, 0.29) is 31.0 Å². The zero-order valence-corrected chi connectivity index (χ0v) is 12.7. The van der Waals surface area contributed by atoms with Crippen LogP contribution in [-0.2, 0) is 13.0 Å². The fourth-order valence-electron chi connectivity index (χ4n) is 1.84. The highest BCUT2D eigenvalue weighted by atomic mass is 32.1. The van der Waals surface area contributed by atoms with E-state index in [4.69, 9.17) is 5.73 Å². The number of hydrogen-bond acceptors (Lipinski definition) is 5. The maximum atomic E-state index is 12.3. The number of nitrogens with zero attached hydrogens (tertiary/aromatic N) is 1. The molecular formula is C14H14F3N3O2S. The highest BCUT2D eigenvalue weighted by molar-refractivity contribution is 7.09. The molecule has 0 bridgehead atoms. The van der Waals surface area contributed by atoms with E-state index in [1.165, 1.54) is 29.5 Å². The van der Waals surface area contributed by atoms with Crippen molar-refractivity contribution in [2.75, 3.05) is 6.54 Å². The van der Waals surface area contributed by atoms with Crippen molar-refractivity contribution in [3.63, 3.8) is 0 Å². The standard InChI is InChI=1S/C14H14F3N3O2S/c15-14(16,17)22-11-4-2-1-3-9(11)5-6-19-13(21)10-8-23-12(7-18)20-10/h1-4,8H,5-7,18H2,(H,19,21). The van der Waals surface area contributed by atoms with Crippen molar-refractivity contribution in [2.45, 2.75) is 19.3 Å². The predicted octanol–water partition coefficient (Wildman–Crippen LogP) is 2.47. The molecule has 9 heteroatoms. The monoisotopic (exact) mass is 345 g/mol. The van der Waals surface area contributed by atoms with E-state index in [0.29, 0.717) is 10.6 Å². The second kappa shape index (κ2) is 7.42. The molecule has 0 saturated heterocycles. The van der Waals surface area contributed by atoms with Crippen molar-refractivity contribution in [1.29, 1.82) is 0 Å². The van der Waals surface area contributed by atoms with Gasteiger partial charge in [0.25, 0.3) is 5.91 Å². The molecule has 3 N–H and O–H groups in total. The van der Waals surface area contributed by atoms with Crippen molar-refractivity contribution in [2.24, 2.45) is 5.73 Å². The molecule has 0 atom stereocenters. The van der Waals surface area contributed by atoms with Crippen molar-refractivity contribution >= 4 is 17.2 Å². The molecule has 0 radical (unpaired) electrons. The van der Waals surface area contributed by atoms with Gasteiger partial charge in [0, 0.05) is 18.5 Å². The number of carbonyl (C=O) groups is 1. The predicted molar refractivity (Wildman–Crippen MR) is 79.2 cm³/mol. The van der Waals surface area contributed by atoms with Gasteiger partial charge in [0.1, 0.15) is 16.5 Å².